The molecule has 1 aliphatic rings. The molecule has 120 valence electrons. The van der Waals surface area contributed by atoms with Crippen molar-refractivity contribution in [3.8, 4) is 11.3 Å². The molecule has 0 atom stereocenters. The highest BCUT2D eigenvalue weighted by Gasteiger charge is 2.35. The van der Waals surface area contributed by atoms with Gasteiger partial charge in [-0.05, 0) is 13.8 Å². The minimum Gasteiger partial charge on any atom is -0.355 e. The summed E-state index contributed by atoms with van der Waals surface area (Å²) in [6.07, 6.45) is 1.59. The van der Waals surface area contributed by atoms with Crippen LogP contribution in [0, 0.1) is 5.92 Å². The van der Waals surface area contributed by atoms with Crippen molar-refractivity contribution in [3.05, 3.63) is 42.7 Å². The van der Waals surface area contributed by atoms with Crippen LogP contribution in [0.3, 0.4) is 0 Å². The molecule has 0 unspecified atom stereocenters. The minimum atomic E-state index is 0.0880. The highest BCUT2D eigenvalue weighted by atomic mass is 16.2. The first-order valence-corrected chi connectivity index (χ1v) is 8.14. The van der Waals surface area contributed by atoms with Crippen molar-refractivity contribution in [2.75, 3.05) is 31.1 Å². The van der Waals surface area contributed by atoms with Gasteiger partial charge in [0, 0.05) is 37.8 Å². The predicted molar refractivity (Wildman–Crippen MR) is 91.1 cm³/mol. The molecule has 3 rings (SSSR count). The molecule has 2 heterocycles. The maximum absolute atomic E-state index is 12.3. The first-order valence-electron chi connectivity index (χ1n) is 8.14. The van der Waals surface area contributed by atoms with Crippen molar-refractivity contribution in [2.24, 2.45) is 5.92 Å². The summed E-state index contributed by atoms with van der Waals surface area (Å²) >= 11 is 0. The summed E-state index contributed by atoms with van der Waals surface area (Å²) in [6.45, 7) is 7.07. The van der Waals surface area contributed by atoms with Crippen LogP contribution in [0.2, 0.25) is 0 Å². The Morgan fingerprint density at radius 2 is 1.87 bits per heavy atom. The number of aromatic nitrogens is 2. The van der Waals surface area contributed by atoms with E-state index >= 15 is 0 Å². The van der Waals surface area contributed by atoms with E-state index in [1.165, 1.54) is 0 Å². The molecule has 0 spiro atoms. The fourth-order valence-electron chi connectivity index (χ4n) is 2.90. The van der Waals surface area contributed by atoms with Gasteiger partial charge in [-0.15, -0.1) is 0 Å². The van der Waals surface area contributed by atoms with Crippen LogP contribution in [0.1, 0.15) is 13.8 Å². The Balaban J connectivity index is 1.68. The Labute approximate surface area is 137 Å². The maximum Gasteiger partial charge on any atom is 0.229 e. The van der Waals surface area contributed by atoms with Gasteiger partial charge in [0.15, 0.2) is 0 Å². The van der Waals surface area contributed by atoms with Gasteiger partial charge < -0.3 is 9.80 Å². The Morgan fingerprint density at radius 3 is 2.52 bits per heavy atom. The zero-order valence-corrected chi connectivity index (χ0v) is 13.6. The molecule has 1 fully saturated rings. The van der Waals surface area contributed by atoms with Gasteiger partial charge in [-0.3, -0.25) is 4.79 Å². The third-order valence-corrected chi connectivity index (χ3v) is 4.35. The quantitative estimate of drug-likeness (QED) is 0.851. The highest BCUT2D eigenvalue weighted by molar-refractivity contribution is 5.82. The van der Waals surface area contributed by atoms with Crippen molar-refractivity contribution in [1.29, 1.82) is 0 Å². The van der Waals surface area contributed by atoms with Crippen LogP contribution in [0.4, 0.5) is 5.82 Å². The zero-order chi connectivity index (χ0) is 16.2. The molecule has 1 amide bonds. The van der Waals surface area contributed by atoms with Crippen LogP contribution < -0.4 is 4.90 Å². The van der Waals surface area contributed by atoms with E-state index in [0.717, 1.165) is 43.3 Å². The number of hydrogen-bond donors (Lipinski definition) is 0. The van der Waals surface area contributed by atoms with Crippen molar-refractivity contribution in [1.82, 2.24) is 14.9 Å². The lowest BCUT2D eigenvalue weighted by Gasteiger charge is -2.41. The molecule has 0 radical (unpaired) electrons. The average Bonchev–Trinajstić information content (AvgIpc) is 2.56. The molecule has 0 saturated carbocycles. The fraction of sp³-hybridized carbons (Fsp3) is 0.389. The van der Waals surface area contributed by atoms with Crippen LogP contribution in [0.15, 0.2) is 42.7 Å². The van der Waals surface area contributed by atoms with Gasteiger partial charge in [-0.25, -0.2) is 9.97 Å². The third-order valence-electron chi connectivity index (χ3n) is 4.35. The standard InChI is InChI=1S/C18H22N4O/c1-3-21(4-2)18(23)15-11-22(12-15)17-10-16(19-13-20-17)14-8-6-5-7-9-14/h5-10,13,15H,3-4,11-12H2,1-2H3. The topological polar surface area (TPSA) is 49.3 Å². The lowest BCUT2D eigenvalue weighted by atomic mass is 9.98. The van der Waals surface area contributed by atoms with E-state index in [2.05, 4.69) is 14.9 Å². The Kier molecular flexibility index (Phi) is 4.55. The van der Waals surface area contributed by atoms with E-state index < -0.39 is 0 Å². The fourth-order valence-corrected chi connectivity index (χ4v) is 2.90. The third kappa shape index (κ3) is 3.18. The lowest BCUT2D eigenvalue weighted by Crippen LogP contribution is -2.54. The molecular formula is C18H22N4O. The number of carbonyl (C=O) groups is 1. The molecule has 1 aromatic heterocycles. The Hall–Kier alpha value is -2.43. The molecular weight excluding hydrogens is 288 g/mol. The van der Waals surface area contributed by atoms with Crippen LogP contribution in [0.5, 0.6) is 0 Å². The lowest BCUT2D eigenvalue weighted by molar-refractivity contribution is -0.135. The van der Waals surface area contributed by atoms with Gasteiger partial charge >= 0.3 is 0 Å². The molecule has 5 nitrogen and oxygen atoms in total. The smallest absolute Gasteiger partial charge is 0.229 e. The predicted octanol–water partition coefficient (Wildman–Crippen LogP) is 2.45. The van der Waals surface area contributed by atoms with Crippen LogP contribution in [-0.2, 0) is 4.79 Å². The number of rotatable bonds is 5. The van der Waals surface area contributed by atoms with Gasteiger partial charge in [0.2, 0.25) is 5.91 Å². The first kappa shape index (κ1) is 15.5. The minimum absolute atomic E-state index is 0.0880. The Morgan fingerprint density at radius 1 is 1.17 bits per heavy atom. The second kappa shape index (κ2) is 6.77. The summed E-state index contributed by atoms with van der Waals surface area (Å²) in [4.78, 5) is 25.1. The van der Waals surface area contributed by atoms with Gasteiger partial charge in [0.25, 0.3) is 0 Å². The van der Waals surface area contributed by atoms with Crippen LogP contribution in [-0.4, -0.2) is 47.0 Å². The zero-order valence-electron chi connectivity index (χ0n) is 13.6. The van der Waals surface area contributed by atoms with E-state index in [-0.39, 0.29) is 11.8 Å². The Bertz CT molecular complexity index is 664. The largest absolute Gasteiger partial charge is 0.355 e. The van der Waals surface area contributed by atoms with E-state index in [4.69, 9.17) is 0 Å². The molecule has 0 N–H and O–H groups in total. The van der Waals surface area contributed by atoms with Crippen molar-refractivity contribution in [3.63, 3.8) is 0 Å². The SMILES string of the molecule is CCN(CC)C(=O)C1CN(c2cc(-c3ccccc3)ncn2)C1. The summed E-state index contributed by atoms with van der Waals surface area (Å²) in [5, 5.41) is 0. The van der Waals surface area contributed by atoms with E-state index in [9.17, 15) is 4.79 Å². The van der Waals surface area contributed by atoms with Gasteiger partial charge in [-0.2, -0.15) is 0 Å². The summed E-state index contributed by atoms with van der Waals surface area (Å²) in [6, 6.07) is 12.1. The normalized spacial score (nSPS) is 14.4. The molecule has 5 heteroatoms. The van der Waals surface area contributed by atoms with E-state index in [1.807, 2.05) is 55.1 Å². The molecule has 1 saturated heterocycles. The second-order valence-corrected chi connectivity index (χ2v) is 5.74. The second-order valence-electron chi connectivity index (χ2n) is 5.74. The first-order chi connectivity index (χ1) is 11.2. The summed E-state index contributed by atoms with van der Waals surface area (Å²) in [5.41, 5.74) is 1.99. The molecule has 0 aliphatic carbocycles. The number of benzene rings is 1. The van der Waals surface area contributed by atoms with Crippen molar-refractivity contribution >= 4 is 11.7 Å². The van der Waals surface area contributed by atoms with Crippen LogP contribution in [0.25, 0.3) is 11.3 Å². The van der Waals surface area contributed by atoms with E-state index in [1.54, 1.807) is 6.33 Å². The number of anilines is 1. The van der Waals surface area contributed by atoms with E-state index in [0.29, 0.717) is 0 Å². The van der Waals surface area contributed by atoms with Crippen molar-refractivity contribution < 1.29 is 4.79 Å². The number of amides is 1. The number of nitrogens with zero attached hydrogens (tertiary/aromatic N) is 4. The van der Waals surface area contributed by atoms with Crippen molar-refractivity contribution in [2.45, 2.75) is 13.8 Å². The molecule has 0 bridgehead atoms. The number of carbonyl (C=O) groups excluding carboxylic acids is 1. The molecule has 1 aliphatic heterocycles. The maximum atomic E-state index is 12.3. The molecule has 2 aromatic rings. The summed E-state index contributed by atoms with van der Waals surface area (Å²) < 4.78 is 0. The van der Waals surface area contributed by atoms with Gasteiger partial charge in [0.05, 0.1) is 11.6 Å². The highest BCUT2D eigenvalue weighted by Crippen LogP contribution is 2.26. The molecule has 1 aromatic carbocycles. The molecule has 23 heavy (non-hydrogen) atoms. The average molecular weight is 310 g/mol. The van der Waals surface area contributed by atoms with Crippen LogP contribution >= 0.6 is 0 Å². The van der Waals surface area contributed by atoms with Gasteiger partial charge in [-0.1, -0.05) is 30.3 Å². The number of hydrogen-bond acceptors (Lipinski definition) is 4. The summed E-state index contributed by atoms with van der Waals surface area (Å²) in [5.74, 6) is 1.23. The van der Waals surface area contributed by atoms with Gasteiger partial charge in [0.1, 0.15) is 12.1 Å². The monoisotopic (exact) mass is 310 g/mol. The summed E-state index contributed by atoms with van der Waals surface area (Å²) in [7, 11) is 0.